The fourth-order valence-corrected chi connectivity index (χ4v) is 4.40. The van der Waals surface area contributed by atoms with E-state index in [1.165, 1.54) is 24.5 Å². The third kappa shape index (κ3) is 5.24. The van der Waals surface area contributed by atoms with Crippen molar-refractivity contribution in [3.63, 3.8) is 0 Å². The zero-order valence-electron chi connectivity index (χ0n) is 17.5. The molecule has 1 aliphatic heterocycles. The Bertz CT molecular complexity index is 1090. The average Bonchev–Trinajstić information content (AvgIpc) is 3.25. The molecule has 7 nitrogen and oxygen atoms in total. The second-order valence-corrected chi connectivity index (χ2v) is 8.07. The van der Waals surface area contributed by atoms with Crippen LogP contribution in [0.4, 0.5) is 9.52 Å². The molecule has 3 aromatic rings. The number of esters is 1. The first-order valence-electron chi connectivity index (χ1n) is 9.92. The van der Waals surface area contributed by atoms with Crippen LogP contribution >= 0.6 is 23.7 Å². The number of para-hydroxylation sites is 1. The van der Waals surface area contributed by atoms with Crippen molar-refractivity contribution in [1.82, 2.24) is 9.88 Å². The third-order valence-electron chi connectivity index (χ3n) is 5.13. The number of benzene rings is 2. The lowest BCUT2D eigenvalue weighted by atomic mass is 10.1. The lowest BCUT2D eigenvalue weighted by molar-refractivity contribution is 0.0391. The summed E-state index contributed by atoms with van der Waals surface area (Å²) in [6.45, 7) is 3.96. The van der Waals surface area contributed by atoms with Gasteiger partial charge < -0.3 is 9.47 Å². The van der Waals surface area contributed by atoms with E-state index in [-0.39, 0.29) is 23.8 Å². The number of ether oxygens (including phenoxy) is 2. The summed E-state index contributed by atoms with van der Waals surface area (Å²) in [5, 5.41) is 0.440. The molecule has 2 aromatic carbocycles. The van der Waals surface area contributed by atoms with Crippen LogP contribution in [0.2, 0.25) is 0 Å². The maximum Gasteiger partial charge on any atom is 0.337 e. The largest absolute Gasteiger partial charge is 0.465 e. The van der Waals surface area contributed by atoms with Crippen LogP contribution < -0.4 is 4.90 Å². The number of carbonyl (C=O) groups is 2. The normalized spacial score (nSPS) is 14.1. The van der Waals surface area contributed by atoms with Crippen LogP contribution in [-0.2, 0) is 9.47 Å². The Morgan fingerprint density at radius 1 is 1.16 bits per heavy atom. The molecule has 0 bridgehead atoms. The summed E-state index contributed by atoms with van der Waals surface area (Å²) in [4.78, 5) is 33.3. The molecule has 4 rings (SSSR count). The molecule has 32 heavy (non-hydrogen) atoms. The lowest BCUT2D eigenvalue weighted by Crippen LogP contribution is -2.43. The first-order valence-corrected chi connectivity index (χ1v) is 10.7. The van der Waals surface area contributed by atoms with Crippen LogP contribution in [0.15, 0.2) is 42.5 Å². The van der Waals surface area contributed by atoms with Gasteiger partial charge in [-0.15, -0.1) is 12.4 Å². The number of morpholine rings is 1. The van der Waals surface area contributed by atoms with E-state index >= 15 is 0 Å². The zero-order chi connectivity index (χ0) is 21.8. The van der Waals surface area contributed by atoms with Crippen molar-refractivity contribution in [1.29, 1.82) is 0 Å². The molecule has 1 amide bonds. The minimum absolute atomic E-state index is 0. The van der Waals surface area contributed by atoms with Crippen molar-refractivity contribution < 1.29 is 23.5 Å². The van der Waals surface area contributed by atoms with Gasteiger partial charge in [0, 0.05) is 31.7 Å². The first kappa shape index (κ1) is 24.1. The summed E-state index contributed by atoms with van der Waals surface area (Å²) in [5.41, 5.74) is 1.03. The fourth-order valence-electron chi connectivity index (χ4n) is 3.39. The Kier molecular flexibility index (Phi) is 8.14. The van der Waals surface area contributed by atoms with E-state index in [9.17, 15) is 14.0 Å². The van der Waals surface area contributed by atoms with E-state index < -0.39 is 11.8 Å². The highest BCUT2D eigenvalue weighted by Crippen LogP contribution is 2.31. The summed E-state index contributed by atoms with van der Waals surface area (Å²) in [7, 11) is 1.31. The highest BCUT2D eigenvalue weighted by molar-refractivity contribution is 7.22. The number of anilines is 1. The lowest BCUT2D eigenvalue weighted by Gasteiger charge is -2.29. The highest BCUT2D eigenvalue weighted by atomic mass is 35.5. The molecule has 0 spiro atoms. The van der Waals surface area contributed by atoms with Crippen molar-refractivity contribution in [3.05, 3.63) is 59.4 Å². The number of carbonyl (C=O) groups excluding carboxylic acids is 2. The summed E-state index contributed by atoms with van der Waals surface area (Å²) in [6.07, 6.45) is 0. The Hall–Kier alpha value is -2.59. The van der Waals surface area contributed by atoms with Gasteiger partial charge in [-0.3, -0.25) is 14.6 Å². The molecule has 0 atom stereocenters. The third-order valence-corrected chi connectivity index (χ3v) is 6.17. The maximum absolute atomic E-state index is 14.2. The van der Waals surface area contributed by atoms with Gasteiger partial charge in [-0.2, -0.15) is 0 Å². The monoisotopic (exact) mass is 479 g/mol. The van der Waals surface area contributed by atoms with Crippen molar-refractivity contribution in [3.8, 4) is 0 Å². The standard InChI is InChI=1S/C22H22FN3O4S.ClH/c1-29-21(28)16-7-5-15(6-8-16)20(27)26(10-9-25-11-13-30-14-12-25)22-24-19-17(23)3-2-4-18(19)31-22;/h2-8H,9-14H2,1H3;1H. The molecule has 0 N–H and O–H groups in total. The summed E-state index contributed by atoms with van der Waals surface area (Å²) < 4.78 is 25.0. The number of aromatic nitrogens is 1. The first-order chi connectivity index (χ1) is 15.1. The van der Waals surface area contributed by atoms with Gasteiger partial charge in [0.05, 0.1) is 30.6 Å². The number of hydrogen-bond donors (Lipinski definition) is 0. The fraction of sp³-hybridized carbons (Fsp3) is 0.318. The highest BCUT2D eigenvalue weighted by Gasteiger charge is 2.24. The topological polar surface area (TPSA) is 72.0 Å². The van der Waals surface area contributed by atoms with Gasteiger partial charge >= 0.3 is 5.97 Å². The smallest absolute Gasteiger partial charge is 0.337 e. The van der Waals surface area contributed by atoms with Gasteiger partial charge in [0.15, 0.2) is 5.13 Å². The van der Waals surface area contributed by atoms with Crippen LogP contribution in [0.5, 0.6) is 0 Å². The maximum atomic E-state index is 14.2. The summed E-state index contributed by atoms with van der Waals surface area (Å²) >= 11 is 1.28. The molecule has 2 heterocycles. The minimum Gasteiger partial charge on any atom is -0.465 e. The number of amides is 1. The van der Waals surface area contributed by atoms with E-state index in [0.29, 0.717) is 47.3 Å². The van der Waals surface area contributed by atoms with Gasteiger partial charge in [0.2, 0.25) is 0 Å². The number of hydrogen-bond acceptors (Lipinski definition) is 7. The minimum atomic E-state index is -0.468. The number of nitrogens with zero attached hydrogens (tertiary/aromatic N) is 3. The van der Waals surface area contributed by atoms with Crippen molar-refractivity contribution in [2.75, 3.05) is 51.4 Å². The van der Waals surface area contributed by atoms with Gasteiger partial charge in [-0.25, -0.2) is 14.2 Å². The van der Waals surface area contributed by atoms with Crippen LogP contribution in [0.3, 0.4) is 0 Å². The molecule has 0 aliphatic carbocycles. The second-order valence-electron chi connectivity index (χ2n) is 7.06. The van der Waals surface area contributed by atoms with E-state index in [2.05, 4.69) is 9.88 Å². The van der Waals surface area contributed by atoms with E-state index in [1.54, 1.807) is 41.3 Å². The molecule has 1 saturated heterocycles. The van der Waals surface area contributed by atoms with Crippen molar-refractivity contribution >= 4 is 51.0 Å². The van der Waals surface area contributed by atoms with Gasteiger partial charge in [0.1, 0.15) is 11.3 Å². The predicted octanol–water partition coefficient (Wildman–Crippen LogP) is 3.62. The molecular weight excluding hydrogens is 457 g/mol. The Labute approximate surface area is 195 Å². The van der Waals surface area contributed by atoms with Crippen LogP contribution in [-0.4, -0.2) is 68.3 Å². The van der Waals surface area contributed by atoms with E-state index in [0.717, 1.165) is 13.1 Å². The van der Waals surface area contributed by atoms with E-state index in [4.69, 9.17) is 9.47 Å². The Morgan fingerprint density at radius 3 is 2.50 bits per heavy atom. The van der Waals surface area contributed by atoms with Gasteiger partial charge in [-0.05, 0) is 36.4 Å². The second kappa shape index (κ2) is 10.8. The average molecular weight is 480 g/mol. The Morgan fingerprint density at radius 2 is 1.84 bits per heavy atom. The molecule has 0 saturated carbocycles. The van der Waals surface area contributed by atoms with Crippen LogP contribution in [0.25, 0.3) is 10.2 Å². The molecule has 1 aromatic heterocycles. The number of rotatable bonds is 6. The van der Waals surface area contributed by atoms with Crippen LogP contribution in [0.1, 0.15) is 20.7 Å². The number of methoxy groups -OCH3 is 1. The zero-order valence-corrected chi connectivity index (χ0v) is 19.1. The van der Waals surface area contributed by atoms with E-state index in [1.807, 2.05) is 0 Å². The number of halogens is 2. The SMILES string of the molecule is COC(=O)c1ccc(C(=O)N(CCN2CCOCC2)c2nc3c(F)cccc3s2)cc1.Cl. The molecular formula is C22H23ClFN3O4S. The molecule has 1 aliphatic rings. The van der Waals surface area contributed by atoms with Crippen LogP contribution in [0, 0.1) is 5.82 Å². The number of thiazole rings is 1. The molecule has 0 unspecified atom stereocenters. The Balaban J connectivity index is 0.00000289. The number of fused-ring (bicyclic) bond motifs is 1. The van der Waals surface area contributed by atoms with Crippen molar-refractivity contribution in [2.45, 2.75) is 0 Å². The summed E-state index contributed by atoms with van der Waals surface area (Å²) in [5.74, 6) is -1.14. The summed E-state index contributed by atoms with van der Waals surface area (Å²) in [6, 6.07) is 11.1. The predicted molar refractivity (Wildman–Crippen MR) is 124 cm³/mol. The van der Waals surface area contributed by atoms with Crippen molar-refractivity contribution in [2.24, 2.45) is 0 Å². The molecule has 1 fully saturated rings. The molecule has 0 radical (unpaired) electrons. The quantitative estimate of drug-likeness (QED) is 0.503. The van der Waals surface area contributed by atoms with Gasteiger partial charge in [-0.1, -0.05) is 17.4 Å². The molecule has 170 valence electrons. The molecule has 10 heteroatoms. The van der Waals surface area contributed by atoms with Gasteiger partial charge in [0.25, 0.3) is 5.91 Å².